The molecule has 0 radical (unpaired) electrons. The van der Waals surface area contributed by atoms with Crippen LogP contribution in [0.3, 0.4) is 0 Å². The van der Waals surface area contributed by atoms with Gasteiger partial charge in [-0.1, -0.05) is 0 Å². The van der Waals surface area contributed by atoms with Gasteiger partial charge in [0.25, 0.3) is 0 Å². The lowest BCUT2D eigenvalue weighted by atomic mass is 10.2. The molecule has 2 rings (SSSR count). The Balaban J connectivity index is 1.86. The Labute approximate surface area is 124 Å². The van der Waals surface area contributed by atoms with E-state index in [4.69, 9.17) is 14.6 Å². The first-order valence-corrected chi connectivity index (χ1v) is 7.05. The third kappa shape index (κ3) is 4.34. The number of nitrogens with zero attached hydrogens (tertiary/aromatic N) is 2. The molecule has 0 amide bonds. The number of hydrogen-bond donors (Lipinski definition) is 1. The highest BCUT2D eigenvalue weighted by Crippen LogP contribution is 2.28. The summed E-state index contributed by atoms with van der Waals surface area (Å²) < 4.78 is 10.9. The van der Waals surface area contributed by atoms with Crippen molar-refractivity contribution in [3.8, 4) is 11.5 Å². The van der Waals surface area contributed by atoms with Gasteiger partial charge in [0.2, 0.25) is 0 Å². The molecule has 1 aliphatic rings. The largest absolute Gasteiger partial charge is 0.493 e. The van der Waals surface area contributed by atoms with Gasteiger partial charge in [0.1, 0.15) is 6.61 Å². The van der Waals surface area contributed by atoms with Crippen LogP contribution in [0.25, 0.3) is 0 Å². The van der Waals surface area contributed by atoms with Crippen molar-refractivity contribution >= 4 is 5.97 Å². The summed E-state index contributed by atoms with van der Waals surface area (Å²) in [7, 11) is 3.64. The molecule has 0 saturated carbocycles. The lowest BCUT2D eigenvalue weighted by molar-refractivity contribution is 0.0696. The van der Waals surface area contributed by atoms with Crippen molar-refractivity contribution in [2.75, 3.05) is 53.5 Å². The monoisotopic (exact) mass is 294 g/mol. The van der Waals surface area contributed by atoms with E-state index in [2.05, 4.69) is 16.8 Å². The predicted octanol–water partition coefficient (Wildman–Crippen LogP) is 1.02. The second-order valence-electron chi connectivity index (χ2n) is 5.16. The van der Waals surface area contributed by atoms with Crippen LogP contribution in [-0.2, 0) is 0 Å². The maximum atomic E-state index is 10.9. The zero-order valence-corrected chi connectivity index (χ0v) is 12.5. The van der Waals surface area contributed by atoms with Gasteiger partial charge < -0.3 is 19.5 Å². The first-order chi connectivity index (χ1) is 10.1. The van der Waals surface area contributed by atoms with E-state index in [9.17, 15) is 4.79 Å². The number of methoxy groups -OCH3 is 1. The molecule has 1 saturated heterocycles. The molecule has 0 aromatic heterocycles. The van der Waals surface area contributed by atoms with E-state index in [1.165, 1.54) is 19.2 Å². The van der Waals surface area contributed by atoms with Gasteiger partial charge in [0.05, 0.1) is 12.7 Å². The number of likely N-dealkylation sites (N-methyl/N-ethyl adjacent to an activating group) is 1. The number of ether oxygens (including phenoxy) is 2. The second-order valence-corrected chi connectivity index (χ2v) is 5.16. The fourth-order valence-electron chi connectivity index (χ4n) is 2.28. The summed E-state index contributed by atoms with van der Waals surface area (Å²) in [5, 5.41) is 8.96. The van der Waals surface area contributed by atoms with Crippen molar-refractivity contribution in [1.29, 1.82) is 0 Å². The molecule has 21 heavy (non-hydrogen) atoms. The summed E-state index contributed by atoms with van der Waals surface area (Å²) in [6, 6.07) is 4.65. The minimum absolute atomic E-state index is 0.193. The van der Waals surface area contributed by atoms with Crippen molar-refractivity contribution in [1.82, 2.24) is 9.80 Å². The normalized spacial score (nSPS) is 16.7. The zero-order valence-electron chi connectivity index (χ0n) is 12.5. The summed E-state index contributed by atoms with van der Waals surface area (Å²) in [4.78, 5) is 15.6. The molecule has 1 fully saturated rings. The molecule has 6 nitrogen and oxygen atoms in total. The molecule has 0 aliphatic carbocycles. The average Bonchev–Trinajstić information content (AvgIpc) is 2.49. The molecule has 1 heterocycles. The van der Waals surface area contributed by atoms with Crippen molar-refractivity contribution in [2.45, 2.75) is 0 Å². The molecular weight excluding hydrogens is 272 g/mol. The lowest BCUT2D eigenvalue weighted by Crippen LogP contribution is -2.45. The Morgan fingerprint density at radius 3 is 2.57 bits per heavy atom. The minimum atomic E-state index is -0.975. The van der Waals surface area contributed by atoms with Gasteiger partial charge in [-0.25, -0.2) is 4.79 Å². The number of aromatic carboxylic acids is 1. The highest BCUT2D eigenvalue weighted by molar-refractivity contribution is 5.88. The highest BCUT2D eigenvalue weighted by Gasteiger charge is 2.14. The van der Waals surface area contributed by atoms with E-state index in [1.54, 1.807) is 6.07 Å². The number of benzene rings is 1. The standard InChI is InChI=1S/C15H22N2O4/c1-16-5-7-17(8-6-16)9-10-21-13-4-3-12(15(18)19)11-14(13)20-2/h3-4,11H,5-10H2,1-2H3,(H,18,19). The fraction of sp³-hybridized carbons (Fsp3) is 0.533. The van der Waals surface area contributed by atoms with Gasteiger partial charge in [0, 0.05) is 32.7 Å². The van der Waals surface area contributed by atoms with E-state index in [1.807, 2.05) is 0 Å². The van der Waals surface area contributed by atoms with E-state index >= 15 is 0 Å². The quantitative estimate of drug-likeness (QED) is 0.845. The number of rotatable bonds is 6. The summed E-state index contributed by atoms with van der Waals surface area (Å²) in [5.74, 6) is 0.0576. The molecule has 1 aromatic carbocycles. The molecular formula is C15H22N2O4. The number of hydrogen-bond acceptors (Lipinski definition) is 5. The van der Waals surface area contributed by atoms with Gasteiger partial charge in [-0.2, -0.15) is 0 Å². The van der Waals surface area contributed by atoms with E-state index < -0.39 is 5.97 Å². The van der Waals surface area contributed by atoms with E-state index in [0.29, 0.717) is 18.1 Å². The van der Waals surface area contributed by atoms with Gasteiger partial charge in [-0.05, 0) is 25.2 Å². The Morgan fingerprint density at radius 2 is 1.95 bits per heavy atom. The predicted molar refractivity (Wildman–Crippen MR) is 79.4 cm³/mol. The van der Waals surface area contributed by atoms with Crippen LogP contribution in [-0.4, -0.2) is 74.4 Å². The smallest absolute Gasteiger partial charge is 0.335 e. The maximum absolute atomic E-state index is 10.9. The average molecular weight is 294 g/mol. The van der Waals surface area contributed by atoms with E-state index in [0.717, 1.165) is 32.7 Å². The third-order valence-corrected chi connectivity index (χ3v) is 3.67. The van der Waals surface area contributed by atoms with Gasteiger partial charge in [-0.3, -0.25) is 4.90 Å². The summed E-state index contributed by atoms with van der Waals surface area (Å²) in [6.07, 6.45) is 0. The molecule has 116 valence electrons. The molecule has 0 spiro atoms. The molecule has 0 unspecified atom stereocenters. The number of carboxylic acids is 1. The fourth-order valence-corrected chi connectivity index (χ4v) is 2.28. The van der Waals surface area contributed by atoms with Crippen molar-refractivity contribution < 1.29 is 19.4 Å². The molecule has 1 aliphatic heterocycles. The van der Waals surface area contributed by atoms with Crippen molar-refractivity contribution in [3.05, 3.63) is 23.8 Å². The maximum Gasteiger partial charge on any atom is 0.335 e. The zero-order chi connectivity index (χ0) is 15.2. The Kier molecular flexibility index (Phi) is 5.41. The highest BCUT2D eigenvalue weighted by atomic mass is 16.5. The second kappa shape index (κ2) is 7.28. The van der Waals surface area contributed by atoms with Gasteiger partial charge >= 0.3 is 5.97 Å². The number of carboxylic acid groups (broad SMARTS) is 1. The first kappa shape index (κ1) is 15.6. The van der Waals surface area contributed by atoms with Crippen LogP contribution in [0.15, 0.2) is 18.2 Å². The van der Waals surface area contributed by atoms with Crippen LogP contribution in [0.2, 0.25) is 0 Å². The lowest BCUT2D eigenvalue weighted by Gasteiger charge is -2.32. The summed E-state index contributed by atoms with van der Waals surface area (Å²) in [5.41, 5.74) is 0.193. The molecule has 0 atom stereocenters. The third-order valence-electron chi connectivity index (χ3n) is 3.67. The van der Waals surface area contributed by atoms with Crippen LogP contribution in [0.4, 0.5) is 0 Å². The Hall–Kier alpha value is -1.79. The Morgan fingerprint density at radius 1 is 1.24 bits per heavy atom. The molecule has 1 N–H and O–H groups in total. The molecule has 1 aromatic rings. The van der Waals surface area contributed by atoms with Crippen LogP contribution >= 0.6 is 0 Å². The van der Waals surface area contributed by atoms with Crippen molar-refractivity contribution in [2.24, 2.45) is 0 Å². The SMILES string of the molecule is COc1cc(C(=O)O)ccc1OCCN1CCN(C)CC1. The summed E-state index contributed by atoms with van der Waals surface area (Å²) >= 11 is 0. The van der Waals surface area contributed by atoms with E-state index in [-0.39, 0.29) is 5.56 Å². The summed E-state index contributed by atoms with van der Waals surface area (Å²) in [6.45, 7) is 5.68. The number of carbonyl (C=O) groups is 1. The van der Waals surface area contributed by atoms with Gasteiger partial charge in [0.15, 0.2) is 11.5 Å². The topological polar surface area (TPSA) is 62.2 Å². The van der Waals surface area contributed by atoms with Crippen LogP contribution in [0.1, 0.15) is 10.4 Å². The van der Waals surface area contributed by atoms with Crippen molar-refractivity contribution in [3.63, 3.8) is 0 Å². The molecule has 0 bridgehead atoms. The van der Waals surface area contributed by atoms with Crippen LogP contribution < -0.4 is 9.47 Å². The number of piperazine rings is 1. The minimum Gasteiger partial charge on any atom is -0.493 e. The molecule has 6 heteroatoms. The first-order valence-electron chi connectivity index (χ1n) is 7.05. The Bertz CT molecular complexity index is 485. The van der Waals surface area contributed by atoms with Crippen LogP contribution in [0.5, 0.6) is 11.5 Å². The van der Waals surface area contributed by atoms with Gasteiger partial charge in [-0.15, -0.1) is 0 Å². The van der Waals surface area contributed by atoms with Crippen LogP contribution in [0, 0.1) is 0 Å².